The number of nitrogens with one attached hydrogen (secondary N) is 1. The highest BCUT2D eigenvalue weighted by Gasteiger charge is 2.25. The summed E-state index contributed by atoms with van der Waals surface area (Å²) in [5.74, 6) is 0. The maximum absolute atomic E-state index is 5.67. The smallest absolute Gasteiger partial charge is 0.179 e. The Hall–Kier alpha value is -1.92. The third kappa shape index (κ3) is 3.04. The van der Waals surface area contributed by atoms with E-state index >= 15 is 0 Å². The van der Waals surface area contributed by atoms with E-state index in [1.54, 1.807) is 0 Å². The Morgan fingerprint density at radius 2 is 2.08 bits per heavy atom. The zero-order valence-corrected chi connectivity index (χ0v) is 15.7. The van der Waals surface area contributed by atoms with Crippen LogP contribution in [0.25, 0.3) is 11.2 Å². The van der Waals surface area contributed by atoms with Crippen molar-refractivity contribution in [3.8, 4) is 0 Å². The second kappa shape index (κ2) is 6.77. The summed E-state index contributed by atoms with van der Waals surface area (Å²) in [6.45, 7) is 8.23. The van der Waals surface area contributed by atoms with Gasteiger partial charge in [-0.3, -0.25) is 9.47 Å². The minimum Gasteiger partial charge on any atom is -0.328 e. The average Bonchev–Trinajstić information content (AvgIpc) is 3.12. The number of nitrogens with zero attached hydrogens (tertiary/aromatic N) is 4. The fourth-order valence-electron chi connectivity index (χ4n) is 4.01. The van der Waals surface area contributed by atoms with Crippen molar-refractivity contribution in [3.05, 3.63) is 46.4 Å². The molecule has 1 N–H and O–H groups in total. The zero-order valence-electron chi connectivity index (χ0n) is 14.9. The van der Waals surface area contributed by atoms with Crippen LogP contribution in [0.1, 0.15) is 37.1 Å². The second-order valence-electron chi connectivity index (χ2n) is 6.92. The maximum atomic E-state index is 5.67. The molecule has 1 aliphatic heterocycles. The van der Waals surface area contributed by atoms with E-state index in [1.165, 1.54) is 18.4 Å². The quantitative estimate of drug-likeness (QED) is 0.718. The van der Waals surface area contributed by atoms with E-state index in [2.05, 4.69) is 61.5 Å². The molecule has 0 amide bonds. The molecule has 1 atom stereocenters. The minimum atomic E-state index is 0.403. The van der Waals surface area contributed by atoms with Crippen LogP contribution in [0.5, 0.6) is 0 Å². The Kier molecular flexibility index (Phi) is 4.48. The van der Waals surface area contributed by atoms with Crippen LogP contribution < -0.4 is 0 Å². The number of likely N-dealkylation sites (tertiary alicyclic amines) is 1. The van der Waals surface area contributed by atoms with Crippen LogP contribution in [0.4, 0.5) is 0 Å². The van der Waals surface area contributed by atoms with Gasteiger partial charge in [0.2, 0.25) is 0 Å². The maximum Gasteiger partial charge on any atom is 0.179 e. The molecule has 3 heterocycles. The van der Waals surface area contributed by atoms with Crippen LogP contribution in [0, 0.1) is 11.7 Å². The summed E-state index contributed by atoms with van der Waals surface area (Å²) in [7, 11) is 0. The van der Waals surface area contributed by atoms with Gasteiger partial charge in [-0.1, -0.05) is 30.3 Å². The summed E-state index contributed by atoms with van der Waals surface area (Å²) < 4.78 is 5.21. The van der Waals surface area contributed by atoms with Crippen LogP contribution >= 0.6 is 12.2 Å². The molecule has 0 spiro atoms. The highest BCUT2D eigenvalue weighted by Crippen LogP contribution is 2.28. The van der Waals surface area contributed by atoms with E-state index < -0.39 is 0 Å². The number of H-pyrrole nitrogens is 1. The molecule has 1 fully saturated rings. The van der Waals surface area contributed by atoms with Gasteiger partial charge in [0.1, 0.15) is 5.52 Å². The predicted octanol–water partition coefficient (Wildman–Crippen LogP) is 4.06. The van der Waals surface area contributed by atoms with E-state index in [-0.39, 0.29) is 0 Å². The van der Waals surface area contributed by atoms with Gasteiger partial charge in [0.25, 0.3) is 0 Å². The lowest BCUT2D eigenvalue weighted by Gasteiger charge is -2.33. The van der Waals surface area contributed by atoms with E-state index in [0.717, 1.165) is 47.8 Å². The third-order valence-corrected chi connectivity index (χ3v) is 5.47. The van der Waals surface area contributed by atoms with Gasteiger partial charge in [-0.2, -0.15) is 5.10 Å². The number of rotatable bonds is 4. The second-order valence-corrected chi connectivity index (χ2v) is 7.30. The van der Waals surface area contributed by atoms with E-state index in [0.29, 0.717) is 6.04 Å². The highest BCUT2D eigenvalue weighted by atomic mass is 32.1. The normalized spacial score (nSPS) is 18.9. The number of piperidine rings is 1. The van der Waals surface area contributed by atoms with Gasteiger partial charge in [0, 0.05) is 19.6 Å². The molecule has 132 valence electrons. The molecule has 1 aliphatic rings. The van der Waals surface area contributed by atoms with Crippen LogP contribution in [-0.4, -0.2) is 37.3 Å². The fourth-order valence-corrected chi connectivity index (χ4v) is 4.35. The average molecular weight is 356 g/mol. The van der Waals surface area contributed by atoms with Gasteiger partial charge in [-0.25, -0.2) is 4.68 Å². The van der Waals surface area contributed by atoms with Gasteiger partial charge < -0.3 is 4.98 Å². The molecule has 0 radical (unpaired) electrons. The van der Waals surface area contributed by atoms with E-state index in [9.17, 15) is 0 Å². The monoisotopic (exact) mass is 355 g/mol. The molecule has 0 saturated carbocycles. The molecule has 1 aromatic carbocycles. The lowest BCUT2D eigenvalue weighted by atomic mass is 10.0. The van der Waals surface area contributed by atoms with Crippen LogP contribution in [0.3, 0.4) is 0 Å². The Bertz CT molecular complexity index is 921. The van der Waals surface area contributed by atoms with Crippen molar-refractivity contribution in [3.63, 3.8) is 0 Å². The number of aromatic nitrogens is 4. The van der Waals surface area contributed by atoms with Gasteiger partial charge >= 0.3 is 0 Å². The van der Waals surface area contributed by atoms with Crippen molar-refractivity contribution in [2.24, 2.45) is 0 Å². The number of aryl methyl sites for hydroxylation is 2. The summed E-state index contributed by atoms with van der Waals surface area (Å²) in [5.41, 5.74) is 4.64. The predicted molar refractivity (Wildman–Crippen MR) is 103 cm³/mol. The summed E-state index contributed by atoms with van der Waals surface area (Å²) >= 11 is 5.67. The van der Waals surface area contributed by atoms with Crippen molar-refractivity contribution in [1.29, 1.82) is 0 Å². The fraction of sp³-hybridized carbons (Fsp3) is 0.474. The molecule has 3 aromatic rings. The van der Waals surface area contributed by atoms with E-state index in [1.807, 2.05) is 6.92 Å². The molecule has 0 aliphatic carbocycles. The van der Waals surface area contributed by atoms with Crippen molar-refractivity contribution >= 4 is 23.4 Å². The Morgan fingerprint density at radius 1 is 1.28 bits per heavy atom. The summed E-state index contributed by atoms with van der Waals surface area (Å²) in [5, 5.41) is 4.66. The van der Waals surface area contributed by atoms with Gasteiger partial charge in [-0.15, -0.1) is 0 Å². The first kappa shape index (κ1) is 16.5. The minimum absolute atomic E-state index is 0.403. The Labute approximate surface area is 153 Å². The van der Waals surface area contributed by atoms with Crippen LogP contribution in [-0.2, 0) is 13.1 Å². The van der Waals surface area contributed by atoms with Crippen molar-refractivity contribution < 1.29 is 0 Å². The molecule has 1 saturated heterocycles. The van der Waals surface area contributed by atoms with Crippen molar-refractivity contribution in [2.45, 2.75) is 45.8 Å². The topological polar surface area (TPSA) is 41.8 Å². The first-order valence-corrected chi connectivity index (χ1v) is 9.52. The van der Waals surface area contributed by atoms with E-state index in [4.69, 9.17) is 12.2 Å². The number of hydrogen-bond donors (Lipinski definition) is 1. The van der Waals surface area contributed by atoms with Gasteiger partial charge in [0.05, 0.1) is 11.7 Å². The lowest BCUT2D eigenvalue weighted by molar-refractivity contribution is 0.171. The molecule has 0 bridgehead atoms. The molecule has 2 aromatic heterocycles. The molecular weight excluding hydrogens is 330 g/mol. The number of benzene rings is 1. The third-order valence-electron chi connectivity index (χ3n) is 5.17. The SMILES string of the molecule is CCn1nc(C)c2[nH]c(=S)n(C3CCCN(Cc4ccccc4)C3)c21. The van der Waals surface area contributed by atoms with Crippen molar-refractivity contribution in [2.75, 3.05) is 13.1 Å². The van der Waals surface area contributed by atoms with Crippen LogP contribution in [0.2, 0.25) is 0 Å². The molecule has 4 rings (SSSR count). The molecular formula is C19H25N5S. The summed E-state index contributed by atoms with van der Waals surface area (Å²) in [6.07, 6.45) is 2.37. The van der Waals surface area contributed by atoms with Gasteiger partial charge in [-0.05, 0) is 51.0 Å². The van der Waals surface area contributed by atoms with Gasteiger partial charge in [0.15, 0.2) is 10.4 Å². The number of imidazole rings is 1. The number of fused-ring (bicyclic) bond motifs is 1. The molecule has 25 heavy (non-hydrogen) atoms. The molecule has 6 heteroatoms. The highest BCUT2D eigenvalue weighted by molar-refractivity contribution is 7.71. The Balaban J connectivity index is 1.64. The Morgan fingerprint density at radius 3 is 2.84 bits per heavy atom. The largest absolute Gasteiger partial charge is 0.328 e. The lowest BCUT2D eigenvalue weighted by Crippen LogP contribution is -2.36. The zero-order chi connectivity index (χ0) is 17.4. The molecule has 5 nitrogen and oxygen atoms in total. The van der Waals surface area contributed by atoms with Crippen LogP contribution in [0.15, 0.2) is 30.3 Å². The number of hydrogen-bond acceptors (Lipinski definition) is 3. The van der Waals surface area contributed by atoms with Crippen molar-refractivity contribution in [1.82, 2.24) is 24.2 Å². The number of aromatic amines is 1. The summed E-state index contributed by atoms with van der Waals surface area (Å²) in [6, 6.07) is 11.1. The first-order chi connectivity index (χ1) is 12.2. The standard InChI is InChI=1S/C19H25N5S/c1-3-23-18-17(14(2)21-23)20-19(25)24(18)16-10-7-11-22(13-16)12-15-8-5-4-6-9-15/h4-6,8-9,16H,3,7,10-13H2,1-2H3,(H,20,25). The first-order valence-electron chi connectivity index (χ1n) is 9.11. The molecule has 1 unspecified atom stereocenters. The summed E-state index contributed by atoms with van der Waals surface area (Å²) in [4.78, 5) is 5.93.